The van der Waals surface area contributed by atoms with Crippen LogP contribution in [0.4, 0.5) is 0 Å². The molecule has 3 aromatic carbocycles. The van der Waals surface area contributed by atoms with Gasteiger partial charge in [-0.2, -0.15) is 0 Å². The molecule has 0 spiro atoms. The van der Waals surface area contributed by atoms with Gasteiger partial charge in [-0.3, -0.25) is 4.98 Å². The Morgan fingerprint density at radius 2 is 1.10 bits per heavy atom. The third-order valence-electron chi connectivity index (χ3n) is 7.48. The van der Waals surface area contributed by atoms with Crippen LogP contribution in [0.2, 0.25) is 0 Å². The van der Waals surface area contributed by atoms with Gasteiger partial charge in [0.25, 0.3) is 0 Å². The molecule has 3 heterocycles. The molecule has 0 unspecified atom stereocenters. The van der Waals surface area contributed by atoms with E-state index in [1.807, 2.05) is 66.7 Å². The lowest BCUT2D eigenvalue weighted by atomic mass is 9.79. The highest BCUT2D eigenvalue weighted by Crippen LogP contribution is 2.36. The van der Waals surface area contributed by atoms with Gasteiger partial charge < -0.3 is 9.31 Å². The molecular formula is C32H29BN4O2. The Morgan fingerprint density at radius 3 is 1.74 bits per heavy atom. The number of aromatic nitrogens is 4. The molecular weight excluding hydrogens is 483 g/mol. The van der Waals surface area contributed by atoms with Gasteiger partial charge in [0.15, 0.2) is 17.5 Å². The van der Waals surface area contributed by atoms with E-state index >= 15 is 0 Å². The molecule has 1 aliphatic heterocycles. The molecule has 1 fully saturated rings. The van der Waals surface area contributed by atoms with Crippen molar-refractivity contribution in [1.29, 1.82) is 0 Å². The smallest absolute Gasteiger partial charge is 0.399 e. The van der Waals surface area contributed by atoms with E-state index in [2.05, 4.69) is 56.9 Å². The van der Waals surface area contributed by atoms with E-state index in [9.17, 15) is 0 Å². The van der Waals surface area contributed by atoms with E-state index in [4.69, 9.17) is 24.3 Å². The Labute approximate surface area is 229 Å². The van der Waals surface area contributed by atoms with Gasteiger partial charge in [-0.15, -0.1) is 0 Å². The van der Waals surface area contributed by atoms with Gasteiger partial charge in [-0.1, -0.05) is 72.8 Å². The summed E-state index contributed by atoms with van der Waals surface area (Å²) in [6.07, 6.45) is 3.51. The molecule has 39 heavy (non-hydrogen) atoms. The summed E-state index contributed by atoms with van der Waals surface area (Å²) in [5.41, 5.74) is 5.02. The molecule has 0 aliphatic carbocycles. The van der Waals surface area contributed by atoms with Gasteiger partial charge in [-0.05, 0) is 62.5 Å². The first-order chi connectivity index (χ1) is 18.8. The molecule has 0 N–H and O–H groups in total. The molecule has 1 aliphatic rings. The summed E-state index contributed by atoms with van der Waals surface area (Å²) in [5, 5.41) is 0. The van der Waals surface area contributed by atoms with Gasteiger partial charge in [0.2, 0.25) is 0 Å². The van der Waals surface area contributed by atoms with Crippen LogP contribution in [0.3, 0.4) is 0 Å². The Kier molecular flexibility index (Phi) is 6.33. The molecule has 0 amide bonds. The Bertz CT molecular complexity index is 1590. The summed E-state index contributed by atoms with van der Waals surface area (Å²) in [6.45, 7) is 8.22. The van der Waals surface area contributed by atoms with Crippen molar-refractivity contribution in [3.8, 4) is 45.3 Å². The maximum atomic E-state index is 6.23. The molecule has 2 aromatic heterocycles. The van der Waals surface area contributed by atoms with Crippen LogP contribution in [-0.4, -0.2) is 38.3 Å². The first kappa shape index (κ1) is 25.1. The van der Waals surface area contributed by atoms with Crippen molar-refractivity contribution in [1.82, 2.24) is 19.9 Å². The third-order valence-corrected chi connectivity index (χ3v) is 7.48. The minimum atomic E-state index is -0.426. The second-order valence-electron chi connectivity index (χ2n) is 10.7. The van der Waals surface area contributed by atoms with Crippen LogP contribution in [0.15, 0.2) is 103 Å². The molecule has 7 heteroatoms. The lowest BCUT2D eigenvalue weighted by molar-refractivity contribution is 0.00578. The van der Waals surface area contributed by atoms with E-state index < -0.39 is 18.3 Å². The monoisotopic (exact) mass is 512 g/mol. The summed E-state index contributed by atoms with van der Waals surface area (Å²) >= 11 is 0. The average Bonchev–Trinajstić information content (AvgIpc) is 3.20. The predicted molar refractivity (Wildman–Crippen MR) is 155 cm³/mol. The fourth-order valence-electron chi connectivity index (χ4n) is 4.50. The molecule has 5 aromatic rings. The fourth-order valence-corrected chi connectivity index (χ4v) is 4.50. The van der Waals surface area contributed by atoms with Gasteiger partial charge in [0.05, 0.1) is 11.2 Å². The van der Waals surface area contributed by atoms with Gasteiger partial charge in [0, 0.05) is 29.1 Å². The molecule has 6 rings (SSSR count). The Morgan fingerprint density at radius 1 is 0.538 bits per heavy atom. The van der Waals surface area contributed by atoms with E-state index in [0.29, 0.717) is 17.5 Å². The van der Waals surface area contributed by atoms with Crippen LogP contribution in [0.25, 0.3) is 45.3 Å². The standard InChI is InChI=1S/C32H29BN4O2/c1-31(2)32(3,4)39-33(38-31)27-17-15-23(16-18-27)28-35-29(37-30(36-28)26-14-9-19-34-21-26)25-13-8-12-24(20-25)22-10-6-5-7-11-22/h5-21H,1-4H3. The second kappa shape index (κ2) is 9.84. The van der Waals surface area contributed by atoms with Crippen LogP contribution in [0.1, 0.15) is 27.7 Å². The Hall–Kier alpha value is -4.20. The number of nitrogens with zero attached hydrogens (tertiary/aromatic N) is 4. The molecule has 0 atom stereocenters. The maximum Gasteiger partial charge on any atom is 0.494 e. The van der Waals surface area contributed by atoms with E-state index in [1.54, 1.807) is 12.4 Å². The van der Waals surface area contributed by atoms with E-state index in [-0.39, 0.29) is 0 Å². The zero-order chi connectivity index (χ0) is 27.0. The third kappa shape index (κ3) is 4.99. The van der Waals surface area contributed by atoms with Crippen molar-refractivity contribution in [2.75, 3.05) is 0 Å². The summed E-state index contributed by atoms with van der Waals surface area (Å²) in [4.78, 5) is 18.8. The molecule has 6 nitrogen and oxygen atoms in total. The maximum absolute atomic E-state index is 6.23. The number of benzene rings is 3. The Balaban J connectivity index is 1.39. The molecule has 0 saturated carbocycles. The van der Waals surface area contributed by atoms with Crippen molar-refractivity contribution in [2.24, 2.45) is 0 Å². The number of hydrogen-bond donors (Lipinski definition) is 0. The van der Waals surface area contributed by atoms with Gasteiger partial charge in [-0.25, -0.2) is 15.0 Å². The number of hydrogen-bond acceptors (Lipinski definition) is 6. The number of pyridine rings is 1. The molecule has 0 radical (unpaired) electrons. The van der Waals surface area contributed by atoms with Crippen LogP contribution in [0.5, 0.6) is 0 Å². The SMILES string of the molecule is CC1(C)OB(c2ccc(-c3nc(-c4cccnc4)nc(-c4cccc(-c5ccccc5)c4)n3)cc2)OC1(C)C. The summed E-state index contributed by atoms with van der Waals surface area (Å²) in [5.74, 6) is 1.76. The van der Waals surface area contributed by atoms with Crippen molar-refractivity contribution in [3.63, 3.8) is 0 Å². The van der Waals surface area contributed by atoms with Crippen LogP contribution in [0, 0.1) is 0 Å². The van der Waals surface area contributed by atoms with Crippen molar-refractivity contribution >= 4 is 12.6 Å². The summed E-state index contributed by atoms with van der Waals surface area (Å²) in [7, 11) is -0.426. The minimum Gasteiger partial charge on any atom is -0.399 e. The average molecular weight is 512 g/mol. The molecule has 0 bridgehead atoms. The fraction of sp³-hybridized carbons (Fsp3) is 0.188. The topological polar surface area (TPSA) is 70.0 Å². The number of rotatable bonds is 5. The van der Waals surface area contributed by atoms with Gasteiger partial charge >= 0.3 is 7.12 Å². The minimum absolute atomic E-state index is 0.396. The second-order valence-corrected chi connectivity index (χ2v) is 10.7. The van der Waals surface area contributed by atoms with Crippen LogP contribution >= 0.6 is 0 Å². The van der Waals surface area contributed by atoms with Crippen molar-refractivity contribution < 1.29 is 9.31 Å². The predicted octanol–water partition coefficient (Wildman–Crippen LogP) is 6.23. The largest absolute Gasteiger partial charge is 0.494 e. The van der Waals surface area contributed by atoms with E-state index in [1.165, 1.54) is 0 Å². The van der Waals surface area contributed by atoms with Gasteiger partial charge in [0.1, 0.15) is 0 Å². The normalized spacial score (nSPS) is 15.8. The summed E-state index contributed by atoms with van der Waals surface area (Å²) < 4.78 is 12.5. The van der Waals surface area contributed by atoms with Crippen molar-refractivity contribution in [3.05, 3.63) is 103 Å². The van der Waals surface area contributed by atoms with Crippen molar-refractivity contribution in [2.45, 2.75) is 38.9 Å². The van der Waals surface area contributed by atoms with Crippen LogP contribution < -0.4 is 5.46 Å². The van der Waals surface area contributed by atoms with Crippen LogP contribution in [-0.2, 0) is 9.31 Å². The highest BCUT2D eigenvalue weighted by Gasteiger charge is 2.51. The highest BCUT2D eigenvalue weighted by molar-refractivity contribution is 6.62. The first-order valence-electron chi connectivity index (χ1n) is 13.1. The first-order valence-corrected chi connectivity index (χ1v) is 13.1. The van der Waals surface area contributed by atoms with E-state index in [0.717, 1.165) is 33.3 Å². The lowest BCUT2D eigenvalue weighted by Gasteiger charge is -2.32. The molecule has 192 valence electrons. The zero-order valence-electron chi connectivity index (χ0n) is 22.5. The highest BCUT2D eigenvalue weighted by atomic mass is 16.7. The zero-order valence-corrected chi connectivity index (χ0v) is 22.5. The summed E-state index contributed by atoms with van der Waals surface area (Å²) in [6, 6.07) is 30.4. The quantitative estimate of drug-likeness (QED) is 0.260. The molecule has 1 saturated heterocycles. The lowest BCUT2D eigenvalue weighted by Crippen LogP contribution is -2.41.